The zero-order valence-corrected chi connectivity index (χ0v) is 9.36. The summed E-state index contributed by atoms with van der Waals surface area (Å²) < 4.78 is 0. The van der Waals surface area contributed by atoms with Gasteiger partial charge in [-0.3, -0.25) is 25.2 Å². The van der Waals surface area contributed by atoms with Crippen molar-refractivity contribution in [2.45, 2.75) is 6.04 Å². The summed E-state index contributed by atoms with van der Waals surface area (Å²) in [5.74, 6) is -0.581. The van der Waals surface area contributed by atoms with Crippen LogP contribution in [0.5, 0.6) is 0 Å². The molecular formula is C13H9N3O2. The quantitative estimate of drug-likeness (QED) is 0.633. The number of benzene rings is 1. The van der Waals surface area contributed by atoms with Crippen molar-refractivity contribution >= 4 is 28.8 Å². The lowest BCUT2D eigenvalue weighted by molar-refractivity contribution is -0.124. The number of imide groups is 1. The molecule has 0 spiro atoms. The van der Waals surface area contributed by atoms with Crippen molar-refractivity contribution in [3.05, 3.63) is 35.4 Å². The van der Waals surface area contributed by atoms with Gasteiger partial charge in [-0.05, 0) is 6.07 Å². The summed E-state index contributed by atoms with van der Waals surface area (Å²) in [6.45, 7) is 0.513. The SMILES string of the molecule is O=C1NC(=O)C2NCC3=Nc4ccccc4C3=C12. The largest absolute Gasteiger partial charge is 0.296 e. The minimum Gasteiger partial charge on any atom is -0.296 e. The summed E-state index contributed by atoms with van der Waals surface area (Å²) in [5, 5.41) is 5.39. The summed E-state index contributed by atoms with van der Waals surface area (Å²) in [5.41, 5.74) is 3.99. The van der Waals surface area contributed by atoms with Crippen molar-refractivity contribution in [1.29, 1.82) is 0 Å². The molecule has 3 aliphatic heterocycles. The van der Waals surface area contributed by atoms with E-state index in [-0.39, 0.29) is 11.8 Å². The maximum atomic E-state index is 11.9. The zero-order chi connectivity index (χ0) is 12.3. The van der Waals surface area contributed by atoms with E-state index in [9.17, 15) is 9.59 Å². The second kappa shape index (κ2) is 3.14. The van der Waals surface area contributed by atoms with E-state index in [0.717, 1.165) is 22.5 Å². The van der Waals surface area contributed by atoms with Gasteiger partial charge >= 0.3 is 0 Å². The van der Waals surface area contributed by atoms with Gasteiger partial charge in [-0.2, -0.15) is 0 Å². The Morgan fingerprint density at radius 1 is 1.22 bits per heavy atom. The van der Waals surface area contributed by atoms with Gasteiger partial charge in [0, 0.05) is 17.7 Å². The fourth-order valence-corrected chi connectivity index (χ4v) is 2.73. The van der Waals surface area contributed by atoms with Crippen LogP contribution >= 0.6 is 0 Å². The summed E-state index contributed by atoms with van der Waals surface area (Å²) in [6.07, 6.45) is 0. The molecule has 5 heteroatoms. The number of amides is 2. The van der Waals surface area contributed by atoms with Crippen molar-refractivity contribution in [2.24, 2.45) is 4.99 Å². The van der Waals surface area contributed by atoms with Crippen LogP contribution in [-0.2, 0) is 9.59 Å². The molecule has 5 nitrogen and oxygen atoms in total. The van der Waals surface area contributed by atoms with Crippen molar-refractivity contribution in [3.63, 3.8) is 0 Å². The first-order valence-corrected chi connectivity index (χ1v) is 5.76. The normalized spacial score (nSPS) is 24.4. The van der Waals surface area contributed by atoms with Gasteiger partial charge in [0.1, 0.15) is 6.04 Å². The van der Waals surface area contributed by atoms with E-state index < -0.39 is 6.04 Å². The van der Waals surface area contributed by atoms with Gasteiger partial charge < -0.3 is 0 Å². The number of rotatable bonds is 0. The summed E-state index contributed by atoms with van der Waals surface area (Å²) in [6, 6.07) is 7.15. The van der Waals surface area contributed by atoms with Gasteiger partial charge in [0.2, 0.25) is 5.91 Å². The molecule has 1 aromatic rings. The van der Waals surface area contributed by atoms with Gasteiger partial charge in [-0.15, -0.1) is 0 Å². The first-order valence-electron chi connectivity index (χ1n) is 5.76. The van der Waals surface area contributed by atoms with E-state index in [1.165, 1.54) is 0 Å². The topological polar surface area (TPSA) is 70.6 Å². The van der Waals surface area contributed by atoms with Crippen molar-refractivity contribution in [1.82, 2.24) is 10.6 Å². The standard InChI is InChI=1S/C13H9N3O2/c17-12-10-9-6-3-1-2-4-7(6)15-8(9)5-14-11(10)13(18)16-12/h1-4,11,14H,5H2,(H,16,17,18). The van der Waals surface area contributed by atoms with Crippen molar-refractivity contribution < 1.29 is 9.59 Å². The number of nitrogens with zero attached hydrogens (tertiary/aromatic N) is 1. The monoisotopic (exact) mass is 239 g/mol. The highest BCUT2D eigenvalue weighted by Gasteiger charge is 2.43. The van der Waals surface area contributed by atoms with Gasteiger partial charge in [0.05, 0.1) is 17.0 Å². The van der Waals surface area contributed by atoms with Crippen molar-refractivity contribution in [2.75, 3.05) is 6.54 Å². The molecule has 0 radical (unpaired) electrons. The van der Waals surface area contributed by atoms with Crippen LogP contribution in [0, 0.1) is 0 Å². The smallest absolute Gasteiger partial charge is 0.256 e. The maximum absolute atomic E-state index is 11.9. The highest BCUT2D eigenvalue weighted by atomic mass is 16.2. The molecule has 1 fully saturated rings. The molecule has 18 heavy (non-hydrogen) atoms. The van der Waals surface area contributed by atoms with Crippen LogP contribution in [0.1, 0.15) is 5.56 Å². The summed E-state index contributed by atoms with van der Waals surface area (Å²) in [7, 11) is 0. The minimum atomic E-state index is -0.530. The molecule has 1 unspecified atom stereocenters. The van der Waals surface area contributed by atoms with Gasteiger partial charge in [-0.25, -0.2) is 0 Å². The molecule has 4 rings (SSSR count). The van der Waals surface area contributed by atoms with Crippen LogP contribution in [0.3, 0.4) is 0 Å². The molecule has 2 N–H and O–H groups in total. The molecular weight excluding hydrogens is 230 g/mol. The van der Waals surface area contributed by atoms with E-state index in [1.54, 1.807) is 0 Å². The van der Waals surface area contributed by atoms with E-state index in [0.29, 0.717) is 12.1 Å². The Balaban J connectivity index is 2.03. The fourth-order valence-electron chi connectivity index (χ4n) is 2.73. The number of hydrogen-bond donors (Lipinski definition) is 2. The molecule has 2 amide bonds. The molecule has 1 aromatic carbocycles. The second-order valence-electron chi connectivity index (χ2n) is 4.50. The molecule has 0 aromatic heterocycles. The van der Waals surface area contributed by atoms with E-state index in [4.69, 9.17) is 0 Å². The van der Waals surface area contributed by atoms with Gasteiger partial charge in [0.25, 0.3) is 5.91 Å². The number of hydrogen-bond acceptors (Lipinski definition) is 4. The number of carbonyl (C=O) groups is 2. The molecule has 0 aliphatic carbocycles. The third kappa shape index (κ3) is 1.06. The summed E-state index contributed by atoms with van der Waals surface area (Å²) >= 11 is 0. The predicted octanol–water partition coefficient (Wildman–Crippen LogP) is 0.155. The lowest BCUT2D eigenvalue weighted by atomic mass is 9.91. The van der Waals surface area contributed by atoms with Crippen molar-refractivity contribution in [3.8, 4) is 0 Å². The zero-order valence-electron chi connectivity index (χ0n) is 9.36. The Kier molecular flexibility index (Phi) is 1.70. The maximum Gasteiger partial charge on any atom is 0.256 e. The second-order valence-corrected chi connectivity index (χ2v) is 4.50. The number of aliphatic imine (C=N–C) groups is 1. The minimum absolute atomic E-state index is 0.272. The molecule has 3 heterocycles. The first kappa shape index (κ1) is 9.73. The molecule has 0 bridgehead atoms. The van der Waals surface area contributed by atoms with E-state index >= 15 is 0 Å². The predicted molar refractivity (Wildman–Crippen MR) is 65.4 cm³/mol. The highest BCUT2D eigenvalue weighted by Crippen LogP contribution is 2.39. The van der Waals surface area contributed by atoms with E-state index in [2.05, 4.69) is 15.6 Å². The van der Waals surface area contributed by atoms with Gasteiger partial charge in [-0.1, -0.05) is 18.2 Å². The molecule has 1 atom stereocenters. The fraction of sp³-hybridized carbons (Fsp3) is 0.154. The van der Waals surface area contributed by atoms with E-state index in [1.807, 2.05) is 24.3 Å². The van der Waals surface area contributed by atoms with Crippen LogP contribution in [0.4, 0.5) is 5.69 Å². The van der Waals surface area contributed by atoms with Crippen LogP contribution in [0.2, 0.25) is 0 Å². The Hall–Kier alpha value is -2.27. The molecule has 0 saturated carbocycles. The Labute approximate surface area is 103 Å². The highest BCUT2D eigenvalue weighted by molar-refractivity contribution is 6.38. The number of para-hydroxylation sites is 1. The molecule has 88 valence electrons. The number of nitrogens with one attached hydrogen (secondary N) is 2. The third-order valence-electron chi connectivity index (χ3n) is 3.49. The van der Waals surface area contributed by atoms with Crippen LogP contribution in [-0.4, -0.2) is 30.1 Å². The molecule has 3 aliphatic rings. The Bertz CT molecular complexity index is 673. The Morgan fingerprint density at radius 3 is 2.94 bits per heavy atom. The van der Waals surface area contributed by atoms with Crippen LogP contribution < -0.4 is 10.6 Å². The average molecular weight is 239 g/mol. The molecule has 1 saturated heterocycles. The lowest BCUT2D eigenvalue weighted by Gasteiger charge is -2.20. The average Bonchev–Trinajstić information content (AvgIpc) is 2.87. The Morgan fingerprint density at radius 2 is 2.06 bits per heavy atom. The van der Waals surface area contributed by atoms with Gasteiger partial charge in [0.15, 0.2) is 0 Å². The third-order valence-corrected chi connectivity index (χ3v) is 3.49. The lowest BCUT2D eigenvalue weighted by Crippen LogP contribution is -2.43. The van der Waals surface area contributed by atoms with Crippen LogP contribution in [0.15, 0.2) is 34.8 Å². The first-order chi connectivity index (χ1) is 8.75. The summed E-state index contributed by atoms with van der Waals surface area (Å²) in [4.78, 5) is 28.0. The van der Waals surface area contributed by atoms with Crippen LogP contribution in [0.25, 0.3) is 5.57 Å². The number of carbonyl (C=O) groups excluding carboxylic acids is 2. The number of fused-ring (bicyclic) bond motifs is 4.